The van der Waals surface area contributed by atoms with Crippen molar-refractivity contribution < 1.29 is 4.79 Å². The van der Waals surface area contributed by atoms with Gasteiger partial charge in [0.05, 0.1) is 0 Å². The number of amides is 1. The third kappa shape index (κ3) is 4.47. The van der Waals surface area contributed by atoms with E-state index in [2.05, 4.69) is 59.1 Å². The number of carbonyl (C=O) groups is 1. The first-order valence-electron chi connectivity index (χ1n) is 11.1. The van der Waals surface area contributed by atoms with Gasteiger partial charge in [0, 0.05) is 40.7 Å². The summed E-state index contributed by atoms with van der Waals surface area (Å²) >= 11 is 0. The van der Waals surface area contributed by atoms with Crippen LogP contribution in [0.1, 0.15) is 33.6 Å². The maximum absolute atomic E-state index is 12.7. The first kappa shape index (κ1) is 22.2. The van der Waals surface area contributed by atoms with Crippen molar-refractivity contribution in [2.75, 3.05) is 6.54 Å². The largest absolute Gasteiger partial charge is 0.361 e. The van der Waals surface area contributed by atoms with Crippen LogP contribution in [0.4, 0.5) is 0 Å². The van der Waals surface area contributed by atoms with Crippen LogP contribution in [0.3, 0.4) is 0 Å². The molecule has 4 rings (SSSR count). The second kappa shape index (κ2) is 9.22. The number of aryl methyl sites for hydroxylation is 3. The summed E-state index contributed by atoms with van der Waals surface area (Å²) in [6.07, 6.45) is 4.34. The number of aromatic nitrogens is 2. The van der Waals surface area contributed by atoms with Gasteiger partial charge < -0.3 is 14.9 Å². The van der Waals surface area contributed by atoms with Crippen molar-refractivity contribution in [1.29, 1.82) is 5.26 Å². The summed E-state index contributed by atoms with van der Waals surface area (Å²) in [5, 5.41) is 13.7. The maximum atomic E-state index is 12.7. The van der Waals surface area contributed by atoms with E-state index in [9.17, 15) is 10.1 Å². The average molecular weight is 437 g/mol. The first-order chi connectivity index (χ1) is 15.9. The van der Waals surface area contributed by atoms with E-state index in [0.717, 1.165) is 39.1 Å². The molecule has 2 N–H and O–H groups in total. The molecule has 0 aliphatic heterocycles. The smallest absolute Gasteiger partial charge is 0.261 e. The summed E-state index contributed by atoms with van der Waals surface area (Å²) in [5.41, 5.74) is 8.80. The fourth-order valence-corrected chi connectivity index (χ4v) is 4.24. The van der Waals surface area contributed by atoms with Crippen molar-refractivity contribution in [1.82, 2.24) is 14.9 Å². The highest BCUT2D eigenvalue weighted by Crippen LogP contribution is 2.24. The first-order valence-corrected chi connectivity index (χ1v) is 11.1. The van der Waals surface area contributed by atoms with Crippen molar-refractivity contribution in [3.05, 3.63) is 93.9 Å². The monoisotopic (exact) mass is 436 g/mol. The van der Waals surface area contributed by atoms with E-state index in [4.69, 9.17) is 0 Å². The van der Waals surface area contributed by atoms with E-state index < -0.39 is 0 Å². The molecule has 5 nitrogen and oxygen atoms in total. The molecule has 0 radical (unpaired) electrons. The average Bonchev–Trinajstić information content (AvgIpc) is 3.34. The Morgan fingerprint density at radius 3 is 2.64 bits per heavy atom. The molecule has 4 aromatic rings. The van der Waals surface area contributed by atoms with Crippen LogP contribution >= 0.6 is 0 Å². The number of carbonyl (C=O) groups excluding carboxylic acids is 1. The van der Waals surface area contributed by atoms with Crippen LogP contribution < -0.4 is 5.32 Å². The highest BCUT2D eigenvalue weighted by atomic mass is 16.1. The number of para-hydroxylation sites is 1. The van der Waals surface area contributed by atoms with E-state index in [1.54, 1.807) is 6.08 Å². The van der Waals surface area contributed by atoms with Gasteiger partial charge in [-0.05, 0) is 86.7 Å². The topological polar surface area (TPSA) is 73.6 Å². The van der Waals surface area contributed by atoms with Crippen LogP contribution in [0.25, 0.3) is 22.7 Å². The number of fused-ring (bicyclic) bond motifs is 1. The normalized spacial score (nSPS) is 11.5. The molecule has 2 heterocycles. The maximum Gasteiger partial charge on any atom is 0.261 e. The third-order valence-electron chi connectivity index (χ3n) is 6.24. The quantitative estimate of drug-likeness (QED) is 0.311. The molecule has 0 saturated heterocycles. The fraction of sp³-hybridized carbons (Fsp3) is 0.214. The molecule has 0 aliphatic carbocycles. The number of hydrogen-bond acceptors (Lipinski definition) is 2. The molecule has 2 aromatic heterocycles. The van der Waals surface area contributed by atoms with Crippen molar-refractivity contribution in [2.24, 2.45) is 0 Å². The summed E-state index contributed by atoms with van der Waals surface area (Å²) in [4.78, 5) is 16.0. The summed E-state index contributed by atoms with van der Waals surface area (Å²) in [5.74, 6) is -0.353. The second-order valence-corrected chi connectivity index (χ2v) is 8.47. The van der Waals surface area contributed by atoms with Crippen LogP contribution in [-0.4, -0.2) is 22.0 Å². The van der Waals surface area contributed by atoms with Gasteiger partial charge in [-0.25, -0.2) is 0 Å². The molecule has 1 amide bonds. The van der Waals surface area contributed by atoms with E-state index in [1.807, 2.05) is 44.3 Å². The molecule has 5 heteroatoms. The molecule has 0 bridgehead atoms. The van der Waals surface area contributed by atoms with Crippen molar-refractivity contribution >= 4 is 22.9 Å². The number of rotatable bonds is 6. The van der Waals surface area contributed by atoms with Crippen molar-refractivity contribution in [2.45, 2.75) is 34.1 Å². The lowest BCUT2D eigenvalue weighted by Gasteiger charge is -2.12. The third-order valence-corrected chi connectivity index (χ3v) is 6.24. The minimum absolute atomic E-state index is 0.106. The van der Waals surface area contributed by atoms with Gasteiger partial charge in [0.1, 0.15) is 11.6 Å². The molecule has 0 saturated carbocycles. The summed E-state index contributed by atoms with van der Waals surface area (Å²) in [6.45, 7) is 8.70. The number of aromatic amines is 1. The molecule has 33 heavy (non-hydrogen) atoms. The van der Waals surface area contributed by atoms with Crippen LogP contribution in [0, 0.1) is 39.0 Å². The van der Waals surface area contributed by atoms with E-state index >= 15 is 0 Å². The van der Waals surface area contributed by atoms with Crippen LogP contribution in [0.2, 0.25) is 0 Å². The van der Waals surface area contributed by atoms with Crippen molar-refractivity contribution in [3.63, 3.8) is 0 Å². The molecular formula is C28H28N4O. The number of nitrogens with zero attached hydrogens (tertiary/aromatic N) is 2. The molecular weight excluding hydrogens is 408 g/mol. The Morgan fingerprint density at radius 1 is 1.09 bits per heavy atom. The van der Waals surface area contributed by atoms with Gasteiger partial charge in [0.25, 0.3) is 5.91 Å². The fourth-order valence-electron chi connectivity index (χ4n) is 4.24. The highest BCUT2D eigenvalue weighted by molar-refractivity contribution is 6.01. The summed E-state index contributed by atoms with van der Waals surface area (Å²) in [7, 11) is 0. The van der Waals surface area contributed by atoms with Gasteiger partial charge in [-0.1, -0.05) is 24.3 Å². The lowest BCUT2D eigenvalue weighted by Crippen LogP contribution is -2.26. The number of nitriles is 1. The highest BCUT2D eigenvalue weighted by Gasteiger charge is 2.14. The Bertz CT molecular complexity index is 1410. The van der Waals surface area contributed by atoms with Gasteiger partial charge in [0.15, 0.2) is 0 Å². The van der Waals surface area contributed by atoms with Gasteiger partial charge >= 0.3 is 0 Å². The number of nitrogens with one attached hydrogen (secondary N) is 2. The Hall–Kier alpha value is -4.04. The predicted molar refractivity (Wildman–Crippen MR) is 133 cm³/mol. The predicted octanol–water partition coefficient (Wildman–Crippen LogP) is 5.46. The zero-order chi connectivity index (χ0) is 23.5. The Morgan fingerprint density at radius 2 is 1.88 bits per heavy atom. The molecule has 0 aliphatic rings. The number of hydrogen-bond donors (Lipinski definition) is 2. The number of H-pyrrole nitrogens is 1. The zero-order valence-electron chi connectivity index (χ0n) is 19.5. The van der Waals surface area contributed by atoms with Crippen molar-refractivity contribution in [3.8, 4) is 11.8 Å². The van der Waals surface area contributed by atoms with E-state index in [-0.39, 0.29) is 11.5 Å². The molecule has 166 valence electrons. The second-order valence-electron chi connectivity index (χ2n) is 8.47. The van der Waals surface area contributed by atoms with Gasteiger partial charge in [0.2, 0.25) is 0 Å². The van der Waals surface area contributed by atoms with Crippen LogP contribution in [0.15, 0.2) is 60.3 Å². The molecule has 0 fully saturated rings. The molecule has 0 atom stereocenters. The van der Waals surface area contributed by atoms with Gasteiger partial charge in [-0.3, -0.25) is 4.79 Å². The zero-order valence-corrected chi connectivity index (χ0v) is 19.5. The Balaban J connectivity index is 1.50. The lowest BCUT2D eigenvalue weighted by atomic mass is 10.1. The Kier molecular flexibility index (Phi) is 6.19. The summed E-state index contributed by atoms with van der Waals surface area (Å²) < 4.78 is 2.15. The molecule has 2 aromatic carbocycles. The molecule has 0 unspecified atom stereocenters. The van der Waals surface area contributed by atoms with E-state index in [1.165, 1.54) is 11.1 Å². The SMILES string of the molecule is Cc1ccc(-n2c(C)cc(/C=C(/C#N)C(=O)NCCc3c[nH]c4ccccc34)c2C)cc1C. The Labute approximate surface area is 194 Å². The van der Waals surface area contributed by atoms with E-state index in [0.29, 0.717) is 13.0 Å². The number of benzene rings is 2. The summed E-state index contributed by atoms with van der Waals surface area (Å²) in [6, 6.07) is 18.5. The minimum atomic E-state index is -0.353. The lowest BCUT2D eigenvalue weighted by molar-refractivity contribution is -0.117. The standard InChI is InChI=1S/C28H28N4O/c1-18-9-10-25(13-19(18)2)32-20(3)14-23(21(32)4)15-24(16-29)28(33)30-12-11-22-17-31-27-8-6-5-7-26(22)27/h5-10,13-15,17,31H,11-12H2,1-4H3,(H,30,33)/b24-15-. The van der Waals surface area contributed by atoms with Gasteiger partial charge in [-0.2, -0.15) is 5.26 Å². The molecule has 0 spiro atoms. The van der Waals surface area contributed by atoms with Crippen LogP contribution in [0.5, 0.6) is 0 Å². The van der Waals surface area contributed by atoms with Crippen LogP contribution in [-0.2, 0) is 11.2 Å². The van der Waals surface area contributed by atoms with Gasteiger partial charge in [-0.15, -0.1) is 0 Å². The minimum Gasteiger partial charge on any atom is -0.361 e.